The van der Waals surface area contributed by atoms with Gasteiger partial charge in [0.05, 0.1) is 11.2 Å². The maximum absolute atomic E-state index is 11.9. The van der Waals surface area contributed by atoms with Crippen LogP contribution in [0, 0.1) is 0 Å². The molecule has 1 aromatic carbocycles. The molecule has 1 aromatic heterocycles. The van der Waals surface area contributed by atoms with Crippen LogP contribution in [-0.2, 0) is 11.4 Å². The van der Waals surface area contributed by atoms with E-state index in [0.717, 1.165) is 15.4 Å². The van der Waals surface area contributed by atoms with E-state index in [0.29, 0.717) is 5.69 Å². The Bertz CT molecular complexity index is 622. The van der Waals surface area contributed by atoms with E-state index >= 15 is 0 Å². The van der Waals surface area contributed by atoms with Crippen LogP contribution >= 0.6 is 15.9 Å². The number of benzene rings is 1. The van der Waals surface area contributed by atoms with Gasteiger partial charge >= 0.3 is 0 Å². The van der Waals surface area contributed by atoms with E-state index in [9.17, 15) is 4.55 Å². The fourth-order valence-electron chi connectivity index (χ4n) is 1.48. The summed E-state index contributed by atoms with van der Waals surface area (Å²) in [6, 6.07) is 9.73. The van der Waals surface area contributed by atoms with Crippen molar-refractivity contribution in [2.75, 3.05) is 0 Å². The van der Waals surface area contributed by atoms with Crippen molar-refractivity contribution in [2.45, 2.75) is 25.5 Å². The lowest BCUT2D eigenvalue weighted by Crippen LogP contribution is -2.25. The summed E-state index contributed by atoms with van der Waals surface area (Å²) in [5, 5.41) is 1.05. The molecule has 100 valence electrons. The van der Waals surface area contributed by atoms with Gasteiger partial charge in [-0.25, -0.2) is 4.98 Å². The van der Waals surface area contributed by atoms with Gasteiger partial charge in [0.2, 0.25) is 0 Å². The van der Waals surface area contributed by atoms with Gasteiger partial charge in [-0.1, -0.05) is 38.5 Å². The van der Waals surface area contributed by atoms with Gasteiger partial charge in [0.25, 0.3) is 0 Å². The molecule has 0 amide bonds. The summed E-state index contributed by atoms with van der Waals surface area (Å²) in [6.45, 7) is 5.68. The zero-order valence-electron chi connectivity index (χ0n) is 11.1. The summed E-state index contributed by atoms with van der Waals surface area (Å²) in [5.41, 5.74) is 1.59. The van der Waals surface area contributed by atoms with E-state index < -0.39 is 11.4 Å². The summed E-state index contributed by atoms with van der Waals surface area (Å²) in [4.78, 5) is 4.48. The zero-order chi connectivity index (χ0) is 14.0. The second-order valence-corrected chi connectivity index (χ2v) is 7.93. The summed E-state index contributed by atoms with van der Waals surface area (Å²) >= 11 is 2.25. The number of para-hydroxylation sites is 1. The molecule has 1 unspecified atom stereocenters. The van der Waals surface area contributed by atoms with Crippen molar-refractivity contribution >= 4 is 44.4 Å². The minimum atomic E-state index is -1.26. The first-order valence-corrected chi connectivity index (χ1v) is 7.79. The second kappa shape index (κ2) is 5.61. The SMILES string of the molecule is CC(C)(C)[S+]([O-])N=Cc1cc(Br)c2ccccc2n1. The second-order valence-electron chi connectivity index (χ2n) is 5.14. The highest BCUT2D eigenvalue weighted by Crippen LogP contribution is 2.23. The first kappa shape index (κ1) is 14.5. The molecule has 0 aliphatic heterocycles. The number of fused-ring (bicyclic) bond motifs is 1. The van der Waals surface area contributed by atoms with Crippen LogP contribution in [0.15, 0.2) is 39.2 Å². The predicted octanol–water partition coefficient (Wildman–Crippen LogP) is 3.88. The van der Waals surface area contributed by atoms with Crippen molar-refractivity contribution in [3.8, 4) is 0 Å². The molecule has 2 aromatic rings. The average molecular weight is 339 g/mol. The standard InChI is InChI=1S/C14H15BrN2OS/c1-14(2,3)19(18)16-9-10-8-12(15)11-6-4-5-7-13(11)17-10/h4-9H,1-3H3. The third-order valence-electron chi connectivity index (χ3n) is 2.49. The number of halogens is 1. The molecule has 0 N–H and O–H groups in total. The summed E-state index contributed by atoms with van der Waals surface area (Å²) < 4.78 is 16.5. The Balaban J connectivity index is 2.34. The van der Waals surface area contributed by atoms with E-state index in [4.69, 9.17) is 0 Å². The normalized spacial score (nSPS) is 14.2. The molecular formula is C14H15BrN2OS. The molecule has 0 bridgehead atoms. The van der Waals surface area contributed by atoms with Crippen LogP contribution < -0.4 is 0 Å². The lowest BCUT2D eigenvalue weighted by molar-refractivity contribution is 0.562. The number of nitrogens with zero attached hydrogens (tertiary/aromatic N) is 2. The van der Waals surface area contributed by atoms with Gasteiger partial charge in [-0.05, 0) is 32.9 Å². The van der Waals surface area contributed by atoms with E-state index in [2.05, 4.69) is 25.3 Å². The van der Waals surface area contributed by atoms with Crippen LogP contribution in [0.2, 0.25) is 0 Å². The quantitative estimate of drug-likeness (QED) is 0.616. The Morgan fingerprint density at radius 2 is 2.00 bits per heavy atom. The lowest BCUT2D eigenvalue weighted by Gasteiger charge is -2.17. The highest BCUT2D eigenvalue weighted by atomic mass is 79.9. The maximum atomic E-state index is 11.9. The molecule has 0 saturated heterocycles. The Labute approximate surface area is 124 Å². The van der Waals surface area contributed by atoms with Gasteiger partial charge in [-0.3, -0.25) is 0 Å². The highest BCUT2D eigenvalue weighted by Gasteiger charge is 2.25. The Morgan fingerprint density at radius 1 is 1.32 bits per heavy atom. The largest absolute Gasteiger partial charge is 0.591 e. The lowest BCUT2D eigenvalue weighted by atomic mass is 10.2. The number of hydrogen-bond acceptors (Lipinski definition) is 3. The fourth-order valence-corrected chi connectivity index (χ4v) is 2.57. The van der Waals surface area contributed by atoms with Gasteiger partial charge < -0.3 is 4.55 Å². The number of rotatable bonds is 2. The number of pyridine rings is 1. The molecule has 0 aliphatic rings. The summed E-state index contributed by atoms with van der Waals surface area (Å²) in [5.74, 6) is 0. The Kier molecular flexibility index (Phi) is 4.28. The van der Waals surface area contributed by atoms with Crippen molar-refractivity contribution in [3.63, 3.8) is 0 Å². The molecule has 0 spiro atoms. The smallest absolute Gasteiger partial charge is 0.144 e. The fraction of sp³-hybridized carbons (Fsp3) is 0.286. The van der Waals surface area contributed by atoms with Gasteiger partial charge in [0.1, 0.15) is 22.3 Å². The van der Waals surface area contributed by atoms with E-state index in [1.165, 1.54) is 0 Å². The van der Waals surface area contributed by atoms with Crippen molar-refractivity contribution < 1.29 is 4.55 Å². The van der Waals surface area contributed by atoms with Gasteiger partial charge in [0, 0.05) is 9.86 Å². The van der Waals surface area contributed by atoms with Crippen LogP contribution in [0.3, 0.4) is 0 Å². The van der Waals surface area contributed by atoms with Crippen LogP contribution in [0.25, 0.3) is 10.9 Å². The van der Waals surface area contributed by atoms with E-state index in [1.54, 1.807) is 6.21 Å². The van der Waals surface area contributed by atoms with Crippen LogP contribution in [0.4, 0.5) is 0 Å². The zero-order valence-corrected chi connectivity index (χ0v) is 13.5. The topological polar surface area (TPSA) is 48.3 Å². The van der Waals surface area contributed by atoms with Gasteiger partial charge in [-0.15, -0.1) is 0 Å². The van der Waals surface area contributed by atoms with Crippen molar-refractivity contribution in [3.05, 3.63) is 40.5 Å². The molecule has 0 saturated carbocycles. The maximum Gasteiger partial charge on any atom is 0.144 e. The predicted molar refractivity (Wildman–Crippen MR) is 84.9 cm³/mol. The highest BCUT2D eigenvalue weighted by molar-refractivity contribution is 9.10. The van der Waals surface area contributed by atoms with E-state index in [1.807, 2.05) is 51.1 Å². The minimum Gasteiger partial charge on any atom is -0.591 e. The molecule has 0 aliphatic carbocycles. The molecule has 2 rings (SSSR count). The van der Waals surface area contributed by atoms with Crippen LogP contribution in [0.1, 0.15) is 26.5 Å². The summed E-state index contributed by atoms with van der Waals surface area (Å²) in [7, 11) is 0. The van der Waals surface area contributed by atoms with Crippen LogP contribution in [0.5, 0.6) is 0 Å². The molecule has 0 fully saturated rings. The van der Waals surface area contributed by atoms with Gasteiger partial charge in [0.15, 0.2) is 0 Å². The Morgan fingerprint density at radius 3 is 2.68 bits per heavy atom. The molecule has 19 heavy (non-hydrogen) atoms. The molecule has 3 nitrogen and oxygen atoms in total. The molecule has 0 radical (unpaired) electrons. The van der Waals surface area contributed by atoms with E-state index in [-0.39, 0.29) is 4.75 Å². The first-order chi connectivity index (χ1) is 8.88. The van der Waals surface area contributed by atoms with Gasteiger partial charge in [-0.2, -0.15) is 0 Å². The molecule has 5 heteroatoms. The van der Waals surface area contributed by atoms with Crippen molar-refractivity contribution in [2.24, 2.45) is 4.40 Å². The first-order valence-electron chi connectivity index (χ1n) is 5.89. The van der Waals surface area contributed by atoms with Crippen molar-refractivity contribution in [1.82, 2.24) is 4.98 Å². The molecule has 1 heterocycles. The van der Waals surface area contributed by atoms with Crippen LogP contribution in [-0.4, -0.2) is 20.5 Å². The third kappa shape index (κ3) is 3.55. The average Bonchev–Trinajstić information content (AvgIpc) is 2.35. The summed E-state index contributed by atoms with van der Waals surface area (Å²) in [6.07, 6.45) is 1.57. The third-order valence-corrected chi connectivity index (χ3v) is 4.49. The Hall–Kier alpha value is -0.910. The van der Waals surface area contributed by atoms with Crippen molar-refractivity contribution in [1.29, 1.82) is 0 Å². The minimum absolute atomic E-state index is 0.357. The molecular weight excluding hydrogens is 324 g/mol. The number of aromatic nitrogens is 1. The monoisotopic (exact) mass is 338 g/mol. The molecule has 1 atom stereocenters. The number of hydrogen-bond donors (Lipinski definition) is 0.